The Kier molecular flexibility index (Phi) is 5.99. The maximum atomic E-state index is 6.18. The van der Waals surface area contributed by atoms with E-state index in [0.29, 0.717) is 13.2 Å². The topological polar surface area (TPSA) is 44.5 Å². The molecular weight excluding hydrogens is 226 g/mol. The summed E-state index contributed by atoms with van der Waals surface area (Å²) >= 11 is 0. The van der Waals surface area contributed by atoms with Crippen molar-refractivity contribution < 1.29 is 9.47 Å². The molecule has 0 spiro atoms. The van der Waals surface area contributed by atoms with Crippen LogP contribution in [0.4, 0.5) is 0 Å². The van der Waals surface area contributed by atoms with Gasteiger partial charge in [0.05, 0.1) is 13.2 Å². The highest BCUT2D eigenvalue weighted by atomic mass is 16.5. The molecule has 1 unspecified atom stereocenters. The first-order chi connectivity index (χ1) is 8.59. The van der Waals surface area contributed by atoms with Crippen molar-refractivity contribution in [1.82, 2.24) is 0 Å². The summed E-state index contributed by atoms with van der Waals surface area (Å²) < 4.78 is 11.3. The molecule has 0 aromatic heterocycles. The Bertz CT molecular complexity index is 350. The molecule has 0 aliphatic carbocycles. The molecule has 3 heteroatoms. The van der Waals surface area contributed by atoms with E-state index in [9.17, 15) is 0 Å². The Morgan fingerprint density at radius 2 is 1.67 bits per heavy atom. The van der Waals surface area contributed by atoms with E-state index >= 15 is 0 Å². The Labute approximate surface area is 110 Å². The molecule has 0 fully saturated rings. The van der Waals surface area contributed by atoms with Gasteiger partial charge in [-0.2, -0.15) is 0 Å². The lowest BCUT2D eigenvalue weighted by molar-refractivity contribution is 0.241. The van der Waals surface area contributed by atoms with Crippen LogP contribution in [0.2, 0.25) is 0 Å². The van der Waals surface area contributed by atoms with E-state index in [0.717, 1.165) is 30.8 Å². The fourth-order valence-corrected chi connectivity index (χ4v) is 1.93. The number of benzene rings is 1. The van der Waals surface area contributed by atoms with Gasteiger partial charge in [-0.15, -0.1) is 0 Å². The van der Waals surface area contributed by atoms with Gasteiger partial charge in [-0.1, -0.05) is 25.5 Å². The van der Waals surface area contributed by atoms with Crippen molar-refractivity contribution in [3.8, 4) is 11.5 Å². The minimum atomic E-state index is -0.144. The molecule has 0 saturated heterocycles. The lowest BCUT2D eigenvalue weighted by Gasteiger charge is -2.24. The van der Waals surface area contributed by atoms with Crippen LogP contribution >= 0.6 is 0 Å². The van der Waals surface area contributed by atoms with Crippen LogP contribution in [0, 0.1) is 0 Å². The van der Waals surface area contributed by atoms with Crippen molar-refractivity contribution in [3.63, 3.8) is 0 Å². The molecule has 1 rings (SSSR count). The minimum Gasteiger partial charge on any atom is -0.490 e. The Balaban J connectivity index is 2.48. The lowest BCUT2D eigenvalue weighted by Crippen LogP contribution is -2.37. The molecule has 102 valence electrons. The highest BCUT2D eigenvalue weighted by Crippen LogP contribution is 2.27. The second kappa shape index (κ2) is 7.27. The quantitative estimate of drug-likeness (QED) is 0.770. The minimum absolute atomic E-state index is 0.144. The summed E-state index contributed by atoms with van der Waals surface area (Å²) in [5, 5.41) is 0. The molecule has 0 bridgehead atoms. The summed E-state index contributed by atoms with van der Waals surface area (Å²) in [6.07, 6.45) is 2.97. The second-order valence-corrected chi connectivity index (χ2v) is 4.88. The summed E-state index contributed by atoms with van der Waals surface area (Å²) in [6, 6.07) is 7.75. The summed E-state index contributed by atoms with van der Waals surface area (Å²) in [6.45, 7) is 7.46. The first-order valence-electron chi connectivity index (χ1n) is 6.72. The van der Waals surface area contributed by atoms with Crippen molar-refractivity contribution in [2.45, 2.75) is 45.6 Å². The highest BCUT2D eigenvalue weighted by Gasteiger charge is 2.17. The SMILES string of the molecule is CCCC(C)(N)CCOc1ccccc1OCC. The first kappa shape index (κ1) is 14.8. The number of nitrogens with two attached hydrogens (primary N) is 1. The van der Waals surface area contributed by atoms with E-state index in [-0.39, 0.29) is 5.54 Å². The molecule has 0 heterocycles. The molecular formula is C15H25NO2. The average molecular weight is 251 g/mol. The van der Waals surface area contributed by atoms with Crippen LogP contribution in [0.5, 0.6) is 11.5 Å². The van der Waals surface area contributed by atoms with Crippen molar-refractivity contribution in [3.05, 3.63) is 24.3 Å². The number of hydrogen-bond acceptors (Lipinski definition) is 3. The van der Waals surface area contributed by atoms with Crippen LogP contribution in [0.15, 0.2) is 24.3 Å². The van der Waals surface area contributed by atoms with E-state index in [1.54, 1.807) is 0 Å². The predicted molar refractivity (Wildman–Crippen MR) is 75.2 cm³/mol. The Morgan fingerprint density at radius 3 is 2.22 bits per heavy atom. The molecule has 1 aromatic rings. The maximum absolute atomic E-state index is 6.18. The monoisotopic (exact) mass is 251 g/mol. The van der Waals surface area contributed by atoms with E-state index < -0.39 is 0 Å². The van der Waals surface area contributed by atoms with Crippen molar-refractivity contribution >= 4 is 0 Å². The molecule has 1 aromatic carbocycles. The number of ether oxygens (including phenoxy) is 2. The molecule has 3 nitrogen and oxygen atoms in total. The van der Waals surface area contributed by atoms with E-state index in [1.807, 2.05) is 31.2 Å². The van der Waals surface area contributed by atoms with Gasteiger partial charge in [-0.25, -0.2) is 0 Å². The Morgan fingerprint density at radius 1 is 1.06 bits per heavy atom. The lowest BCUT2D eigenvalue weighted by atomic mass is 9.94. The van der Waals surface area contributed by atoms with Gasteiger partial charge in [0.1, 0.15) is 0 Å². The van der Waals surface area contributed by atoms with E-state index in [4.69, 9.17) is 15.2 Å². The maximum Gasteiger partial charge on any atom is 0.161 e. The molecule has 0 radical (unpaired) electrons. The van der Waals surface area contributed by atoms with Gasteiger partial charge in [0.25, 0.3) is 0 Å². The van der Waals surface area contributed by atoms with Crippen LogP contribution in [0.3, 0.4) is 0 Å². The molecule has 0 aliphatic rings. The zero-order valence-electron chi connectivity index (χ0n) is 11.7. The number of rotatable bonds is 8. The van der Waals surface area contributed by atoms with Gasteiger partial charge >= 0.3 is 0 Å². The Hall–Kier alpha value is -1.22. The highest BCUT2D eigenvalue weighted by molar-refractivity contribution is 5.39. The fraction of sp³-hybridized carbons (Fsp3) is 0.600. The van der Waals surface area contributed by atoms with Gasteiger partial charge in [-0.05, 0) is 38.8 Å². The van der Waals surface area contributed by atoms with Crippen LogP contribution in [-0.2, 0) is 0 Å². The van der Waals surface area contributed by atoms with Crippen LogP contribution < -0.4 is 15.2 Å². The normalized spacial score (nSPS) is 14.0. The third-order valence-electron chi connectivity index (χ3n) is 2.90. The van der Waals surface area contributed by atoms with Crippen LogP contribution in [0.1, 0.15) is 40.0 Å². The molecule has 0 saturated carbocycles. The smallest absolute Gasteiger partial charge is 0.161 e. The van der Waals surface area contributed by atoms with Gasteiger partial charge in [0, 0.05) is 5.54 Å². The average Bonchev–Trinajstić information content (AvgIpc) is 2.31. The zero-order chi connectivity index (χ0) is 13.4. The van der Waals surface area contributed by atoms with Crippen LogP contribution in [-0.4, -0.2) is 18.8 Å². The summed E-state index contributed by atoms with van der Waals surface area (Å²) in [4.78, 5) is 0. The first-order valence-corrected chi connectivity index (χ1v) is 6.72. The van der Waals surface area contributed by atoms with Gasteiger partial charge in [0.15, 0.2) is 11.5 Å². The van der Waals surface area contributed by atoms with Gasteiger partial charge in [0.2, 0.25) is 0 Å². The zero-order valence-corrected chi connectivity index (χ0v) is 11.7. The van der Waals surface area contributed by atoms with E-state index in [1.165, 1.54) is 0 Å². The van der Waals surface area contributed by atoms with Gasteiger partial charge in [-0.3, -0.25) is 0 Å². The molecule has 1 atom stereocenters. The molecule has 0 amide bonds. The molecule has 2 N–H and O–H groups in total. The fourth-order valence-electron chi connectivity index (χ4n) is 1.93. The van der Waals surface area contributed by atoms with Crippen molar-refractivity contribution in [2.75, 3.05) is 13.2 Å². The third kappa shape index (κ3) is 4.96. The summed E-state index contributed by atoms with van der Waals surface area (Å²) in [5.74, 6) is 1.60. The van der Waals surface area contributed by atoms with Gasteiger partial charge < -0.3 is 15.2 Å². The number of hydrogen-bond donors (Lipinski definition) is 1. The third-order valence-corrected chi connectivity index (χ3v) is 2.90. The predicted octanol–water partition coefficient (Wildman–Crippen LogP) is 3.37. The summed E-state index contributed by atoms with van der Waals surface area (Å²) in [5.41, 5.74) is 6.03. The summed E-state index contributed by atoms with van der Waals surface area (Å²) in [7, 11) is 0. The molecule has 18 heavy (non-hydrogen) atoms. The van der Waals surface area contributed by atoms with E-state index in [2.05, 4.69) is 13.8 Å². The molecule has 0 aliphatic heterocycles. The van der Waals surface area contributed by atoms with Crippen molar-refractivity contribution in [1.29, 1.82) is 0 Å². The largest absolute Gasteiger partial charge is 0.490 e. The second-order valence-electron chi connectivity index (χ2n) is 4.88. The van der Waals surface area contributed by atoms with Crippen molar-refractivity contribution in [2.24, 2.45) is 5.73 Å². The number of para-hydroxylation sites is 2. The standard InChI is InChI=1S/C15H25NO2/c1-4-10-15(3,16)11-12-18-14-9-7-6-8-13(14)17-5-2/h6-9H,4-5,10-12,16H2,1-3H3. The van der Waals surface area contributed by atoms with Crippen LogP contribution in [0.25, 0.3) is 0 Å².